The van der Waals surface area contributed by atoms with Crippen LogP contribution in [0.15, 0.2) is 12.1 Å². The van der Waals surface area contributed by atoms with Gasteiger partial charge in [0.05, 0.1) is 94.6 Å². The second kappa shape index (κ2) is 32.7. The van der Waals surface area contributed by atoms with Gasteiger partial charge in [-0.25, -0.2) is 4.79 Å². The Kier molecular flexibility index (Phi) is 27.4. The number of carbonyl (C=O) groups excluding carboxylic acids is 6. The van der Waals surface area contributed by atoms with Crippen molar-refractivity contribution < 1.29 is 62.1 Å². The summed E-state index contributed by atoms with van der Waals surface area (Å²) < 4.78 is 32.6. The van der Waals surface area contributed by atoms with Crippen molar-refractivity contribution in [3.63, 3.8) is 0 Å². The van der Waals surface area contributed by atoms with Crippen molar-refractivity contribution in [3.8, 4) is 11.5 Å². The number of ether oxygens (including phenoxy) is 6. The molecular formula is C43H71N9O14S. The van der Waals surface area contributed by atoms with Crippen molar-refractivity contribution in [1.29, 1.82) is 0 Å². The van der Waals surface area contributed by atoms with Gasteiger partial charge in [0.25, 0.3) is 5.69 Å². The number of carbonyl (C=O) groups is 6. The van der Waals surface area contributed by atoms with E-state index in [0.29, 0.717) is 49.8 Å². The van der Waals surface area contributed by atoms with Crippen LogP contribution in [-0.2, 0) is 42.9 Å². The van der Waals surface area contributed by atoms with Gasteiger partial charge in [0, 0.05) is 37.1 Å². The number of nitro groups is 1. The van der Waals surface area contributed by atoms with E-state index < -0.39 is 28.8 Å². The minimum Gasteiger partial charge on any atom is -0.493 e. The Balaban J connectivity index is 1.15. The largest absolute Gasteiger partial charge is 0.493 e. The average Bonchev–Trinajstić information content (AvgIpc) is 3.87. The number of thioether (sulfide) groups is 1. The van der Waals surface area contributed by atoms with Crippen molar-refractivity contribution >= 4 is 53.0 Å². The van der Waals surface area contributed by atoms with Gasteiger partial charge in [-0.3, -0.25) is 34.1 Å². The Hall–Kier alpha value is -5.01. The van der Waals surface area contributed by atoms with Crippen LogP contribution in [0, 0.1) is 10.1 Å². The lowest BCUT2D eigenvalue weighted by Gasteiger charge is -2.18. The third-order valence-corrected chi connectivity index (χ3v) is 12.1. The Morgan fingerprint density at radius 2 is 1.49 bits per heavy atom. The van der Waals surface area contributed by atoms with Crippen LogP contribution in [-0.4, -0.2) is 162 Å². The molecule has 1 aromatic carbocycles. The smallest absolute Gasteiger partial charge is 0.315 e. The SMILES string of the molecule is CCCCOc1cc([N+](=O)[O-])c(C(C)NC(=O)COCCOCCNC(=O)COCCOCCNC(=O)[C@@H](CCCCNC(=O)CCCC[C@H]2SCC3NC(=O)NC32)NC(=O)CN)cc1OC. The molecule has 7 amide bonds. The van der Waals surface area contributed by atoms with Gasteiger partial charge < -0.3 is 71.4 Å². The zero-order chi connectivity index (χ0) is 48.8. The van der Waals surface area contributed by atoms with Crippen molar-refractivity contribution in [3.05, 3.63) is 27.8 Å². The van der Waals surface area contributed by atoms with E-state index in [0.717, 1.165) is 37.9 Å². The summed E-state index contributed by atoms with van der Waals surface area (Å²) in [5.74, 6) is -0.217. The molecule has 2 saturated heterocycles. The maximum Gasteiger partial charge on any atom is 0.315 e. The number of urea groups is 1. The molecule has 0 saturated carbocycles. The van der Waals surface area contributed by atoms with Gasteiger partial charge in [-0.05, 0) is 51.5 Å². The van der Waals surface area contributed by atoms with Gasteiger partial charge in [0.2, 0.25) is 29.5 Å². The molecule has 2 fully saturated rings. The molecule has 0 bridgehead atoms. The second-order valence-electron chi connectivity index (χ2n) is 15.8. The van der Waals surface area contributed by atoms with Crippen LogP contribution in [0.5, 0.6) is 11.5 Å². The molecule has 2 aliphatic heterocycles. The number of nitrogens with two attached hydrogens (primary N) is 1. The first kappa shape index (κ1) is 56.3. The Bertz CT molecular complexity index is 1730. The zero-order valence-electron chi connectivity index (χ0n) is 39.0. The summed E-state index contributed by atoms with van der Waals surface area (Å²) in [6.45, 7) is 5.04. The molecule has 23 nitrogen and oxygen atoms in total. The normalized spacial score (nSPS) is 17.0. The number of nitrogens with zero attached hydrogens (tertiary/aromatic N) is 1. The molecule has 0 aromatic heterocycles. The first-order valence-electron chi connectivity index (χ1n) is 22.9. The van der Waals surface area contributed by atoms with Crippen LogP contribution >= 0.6 is 11.8 Å². The molecule has 0 aliphatic carbocycles. The first-order valence-corrected chi connectivity index (χ1v) is 24.0. The van der Waals surface area contributed by atoms with Crippen LogP contribution in [0.2, 0.25) is 0 Å². The Labute approximate surface area is 396 Å². The van der Waals surface area contributed by atoms with Crippen molar-refractivity contribution in [1.82, 2.24) is 37.2 Å². The quantitative estimate of drug-likeness (QED) is 0.0197. The molecule has 378 valence electrons. The van der Waals surface area contributed by atoms with Crippen LogP contribution in [0.3, 0.4) is 0 Å². The maximum atomic E-state index is 12.8. The Morgan fingerprint density at radius 1 is 0.806 bits per heavy atom. The number of benzene rings is 1. The fraction of sp³-hybridized carbons (Fsp3) is 0.721. The molecule has 0 radical (unpaired) electrons. The number of methoxy groups -OCH3 is 1. The Morgan fingerprint density at radius 3 is 2.18 bits per heavy atom. The predicted octanol–water partition coefficient (Wildman–Crippen LogP) is 0.714. The van der Waals surface area contributed by atoms with E-state index in [1.807, 2.05) is 18.7 Å². The third kappa shape index (κ3) is 22.1. The maximum absolute atomic E-state index is 12.8. The molecule has 0 spiro atoms. The van der Waals surface area contributed by atoms with Crippen molar-refractivity contribution in [2.24, 2.45) is 5.73 Å². The fourth-order valence-electron chi connectivity index (χ4n) is 7.07. The standard InChI is InChI=1S/C43H71N9O14S/c1-4-5-16-66-35-24-33(52(59)60)30(23-34(35)61-3)29(2)48-40(56)27-65-22-20-62-17-14-46-39(55)26-64-21-19-63-18-15-47-42(57)31(49-38(54)25-44)10-8-9-13-45-37(53)12-7-6-11-36-41-32(28-67-36)50-43(58)51-41/h23-24,29,31-32,36,41H,4-22,25-28,44H2,1-3H3,(H,45,53)(H,46,55)(H,47,57)(H,48,56)(H,49,54)(H2,50,51,58)/t29?,31-,32?,36-,41?/m1/s1. The summed E-state index contributed by atoms with van der Waals surface area (Å²) in [5.41, 5.74) is 5.49. The van der Waals surface area contributed by atoms with E-state index in [4.69, 9.17) is 34.2 Å². The number of hydrogen-bond acceptors (Lipinski definition) is 16. The molecular weight excluding hydrogens is 899 g/mol. The van der Waals surface area contributed by atoms with Crippen LogP contribution in [0.1, 0.15) is 83.2 Å². The molecule has 2 aliphatic rings. The van der Waals surface area contributed by atoms with E-state index in [9.17, 15) is 38.9 Å². The summed E-state index contributed by atoms with van der Waals surface area (Å²) in [4.78, 5) is 84.4. The number of fused-ring (bicyclic) bond motifs is 1. The molecule has 3 unspecified atom stereocenters. The third-order valence-electron chi connectivity index (χ3n) is 10.6. The summed E-state index contributed by atoms with van der Waals surface area (Å²) in [6, 6.07) is 1.52. The van der Waals surface area contributed by atoms with E-state index in [1.54, 1.807) is 6.92 Å². The van der Waals surface area contributed by atoms with E-state index >= 15 is 0 Å². The molecule has 67 heavy (non-hydrogen) atoms. The summed E-state index contributed by atoms with van der Waals surface area (Å²) in [5, 5.41) is 31.7. The number of amides is 7. The highest BCUT2D eigenvalue weighted by Crippen LogP contribution is 2.38. The fourth-order valence-corrected chi connectivity index (χ4v) is 8.61. The average molecular weight is 970 g/mol. The highest BCUT2D eigenvalue weighted by Gasteiger charge is 2.42. The van der Waals surface area contributed by atoms with Gasteiger partial charge in [0.1, 0.15) is 19.3 Å². The number of nitrogens with one attached hydrogen (secondary N) is 7. The van der Waals surface area contributed by atoms with Crippen molar-refractivity contribution in [2.75, 3.05) is 98.5 Å². The number of rotatable bonds is 37. The summed E-state index contributed by atoms with van der Waals surface area (Å²) in [6.07, 6.45) is 6.28. The molecule has 9 N–H and O–H groups in total. The van der Waals surface area contributed by atoms with E-state index in [2.05, 4.69) is 37.2 Å². The predicted molar refractivity (Wildman–Crippen MR) is 248 cm³/mol. The number of hydrogen-bond donors (Lipinski definition) is 8. The van der Waals surface area contributed by atoms with Gasteiger partial charge in [-0.1, -0.05) is 19.8 Å². The molecule has 3 rings (SSSR count). The molecule has 2 heterocycles. The molecule has 24 heteroatoms. The van der Waals surface area contributed by atoms with Gasteiger partial charge in [0.15, 0.2) is 11.5 Å². The van der Waals surface area contributed by atoms with Crippen LogP contribution in [0.25, 0.3) is 0 Å². The van der Waals surface area contributed by atoms with E-state index in [1.165, 1.54) is 19.2 Å². The number of nitro benzene ring substituents is 1. The lowest BCUT2D eigenvalue weighted by molar-refractivity contribution is -0.385. The van der Waals surface area contributed by atoms with Gasteiger partial charge in [-0.2, -0.15) is 11.8 Å². The first-order chi connectivity index (χ1) is 32.4. The van der Waals surface area contributed by atoms with Crippen LogP contribution < -0.4 is 52.4 Å². The highest BCUT2D eigenvalue weighted by molar-refractivity contribution is 8.00. The van der Waals surface area contributed by atoms with Gasteiger partial charge >= 0.3 is 6.03 Å². The summed E-state index contributed by atoms with van der Waals surface area (Å²) >= 11 is 1.86. The van der Waals surface area contributed by atoms with Gasteiger partial charge in [-0.15, -0.1) is 0 Å². The lowest BCUT2D eigenvalue weighted by Crippen LogP contribution is -2.49. The second-order valence-corrected chi connectivity index (χ2v) is 17.1. The van der Waals surface area contributed by atoms with Crippen molar-refractivity contribution in [2.45, 2.75) is 101 Å². The lowest BCUT2D eigenvalue weighted by atomic mass is 10.0. The molecule has 5 atom stereocenters. The zero-order valence-corrected chi connectivity index (χ0v) is 39.8. The minimum absolute atomic E-state index is 0.0304. The van der Waals surface area contributed by atoms with E-state index in [-0.39, 0.29) is 125 Å². The highest BCUT2D eigenvalue weighted by atomic mass is 32.2. The number of unbranched alkanes of at least 4 members (excludes halogenated alkanes) is 3. The topological polar surface area (TPSA) is 311 Å². The minimum atomic E-state index is -0.791. The summed E-state index contributed by atoms with van der Waals surface area (Å²) in [7, 11) is 1.43. The molecule has 1 aromatic rings. The van der Waals surface area contributed by atoms with Crippen LogP contribution in [0.4, 0.5) is 10.5 Å². The monoisotopic (exact) mass is 969 g/mol.